The van der Waals surface area contributed by atoms with Crippen LogP contribution in [0.3, 0.4) is 0 Å². The van der Waals surface area contributed by atoms with E-state index in [1.54, 1.807) is 27.7 Å². The van der Waals surface area contributed by atoms with Crippen molar-refractivity contribution >= 4 is 28.1 Å². The summed E-state index contributed by atoms with van der Waals surface area (Å²) in [4.78, 5) is 28.3. The highest BCUT2D eigenvalue weighted by atomic mass is 32.1. The van der Waals surface area contributed by atoms with Crippen LogP contribution in [0.2, 0.25) is 0 Å². The Morgan fingerprint density at radius 2 is 1.77 bits per heavy atom. The summed E-state index contributed by atoms with van der Waals surface area (Å²) < 4.78 is 52.1. The molecular weight excluding hydrogens is 531 g/mol. The second-order valence-corrected chi connectivity index (χ2v) is 11.5. The average molecular weight is 562 g/mol. The van der Waals surface area contributed by atoms with E-state index in [1.165, 1.54) is 36.0 Å². The van der Waals surface area contributed by atoms with E-state index in [0.717, 1.165) is 19.9 Å². The zero-order chi connectivity index (χ0) is 29.0. The molecule has 0 radical (unpaired) electrons. The Morgan fingerprint density at radius 1 is 1.15 bits per heavy atom. The molecule has 3 aromatic heterocycles. The average Bonchev–Trinajstić information content (AvgIpc) is 3.43. The summed E-state index contributed by atoms with van der Waals surface area (Å²) in [6.45, 7) is 8.89. The van der Waals surface area contributed by atoms with Crippen molar-refractivity contribution in [2.45, 2.75) is 59.1 Å². The molecule has 4 rings (SSSR count). The first kappa shape index (κ1) is 28.4. The third kappa shape index (κ3) is 5.20. The van der Waals surface area contributed by atoms with Crippen molar-refractivity contribution in [1.29, 1.82) is 0 Å². The van der Waals surface area contributed by atoms with Crippen LogP contribution in [0, 0.1) is 19.7 Å². The van der Waals surface area contributed by atoms with E-state index < -0.39 is 33.7 Å². The van der Waals surface area contributed by atoms with Gasteiger partial charge in [0.1, 0.15) is 34.1 Å². The maximum atomic E-state index is 15.4. The molecule has 7 nitrogen and oxygen atoms in total. The number of benzene rings is 1. The Morgan fingerprint density at radius 3 is 2.33 bits per heavy atom. The first-order chi connectivity index (χ1) is 18.0. The predicted octanol–water partition coefficient (Wildman–Crippen LogP) is 6.14. The van der Waals surface area contributed by atoms with Gasteiger partial charge in [0.15, 0.2) is 0 Å². The number of carbonyl (C=O) groups excluding carboxylic acids is 1. The van der Waals surface area contributed by atoms with Gasteiger partial charge in [0, 0.05) is 36.3 Å². The lowest BCUT2D eigenvalue weighted by atomic mass is 9.99. The number of pyridine rings is 1. The molecular formula is C28H30F3N3O4S. The third-order valence-electron chi connectivity index (χ3n) is 6.29. The topological polar surface area (TPSA) is 96.3 Å². The molecule has 3 N–H and O–H groups in total. The quantitative estimate of drug-likeness (QED) is 0.252. The normalized spacial score (nSPS) is 12.4. The molecule has 0 unspecified atom stereocenters. The minimum atomic E-state index is -3.65. The fourth-order valence-electron chi connectivity index (χ4n) is 4.24. The number of carbonyl (C=O) groups is 1. The summed E-state index contributed by atoms with van der Waals surface area (Å²) in [5.41, 5.74) is -1.27. The summed E-state index contributed by atoms with van der Waals surface area (Å²) in [5, 5.41) is 13.3. The molecule has 3 heterocycles. The number of hydrogen-bond acceptors (Lipinski definition) is 5. The van der Waals surface area contributed by atoms with Crippen LogP contribution in [-0.4, -0.2) is 32.2 Å². The maximum absolute atomic E-state index is 15.4. The summed E-state index contributed by atoms with van der Waals surface area (Å²) in [6, 6.07) is 5.04. The Balaban J connectivity index is 2.00. The van der Waals surface area contributed by atoms with Crippen molar-refractivity contribution in [2.24, 2.45) is 7.05 Å². The van der Waals surface area contributed by atoms with Gasteiger partial charge in [0.2, 0.25) is 0 Å². The minimum Gasteiger partial charge on any atom is -0.455 e. The van der Waals surface area contributed by atoms with E-state index in [9.17, 15) is 19.1 Å². The Hall–Kier alpha value is -3.57. The molecule has 0 spiro atoms. The number of alkyl halides is 2. The molecule has 0 aliphatic rings. The highest BCUT2D eigenvalue weighted by Gasteiger charge is 2.49. The van der Waals surface area contributed by atoms with Crippen LogP contribution in [0.4, 0.5) is 13.2 Å². The van der Waals surface area contributed by atoms with Crippen molar-refractivity contribution in [1.82, 2.24) is 14.9 Å². The highest BCUT2D eigenvalue weighted by molar-refractivity contribution is 7.16. The molecule has 11 heteroatoms. The van der Waals surface area contributed by atoms with Gasteiger partial charge >= 0.3 is 5.92 Å². The Bertz CT molecular complexity index is 1620. The lowest BCUT2D eigenvalue weighted by molar-refractivity contribution is -0.166. The number of aromatic amines is 1. The van der Waals surface area contributed by atoms with Gasteiger partial charge in [-0.25, -0.2) is 4.39 Å². The molecule has 0 fully saturated rings. The van der Waals surface area contributed by atoms with Crippen LogP contribution in [0.25, 0.3) is 21.3 Å². The number of halogens is 3. The molecule has 0 aliphatic carbocycles. The molecule has 1 amide bonds. The van der Waals surface area contributed by atoms with Crippen LogP contribution < -0.4 is 15.6 Å². The van der Waals surface area contributed by atoms with Crippen LogP contribution in [0.5, 0.6) is 11.5 Å². The van der Waals surface area contributed by atoms with E-state index >= 15 is 8.78 Å². The number of nitrogens with zero attached hydrogens (tertiary/aromatic N) is 1. The smallest absolute Gasteiger partial charge is 0.309 e. The summed E-state index contributed by atoms with van der Waals surface area (Å²) in [5.74, 6) is -4.21. The van der Waals surface area contributed by atoms with Gasteiger partial charge in [-0.1, -0.05) is 0 Å². The van der Waals surface area contributed by atoms with Gasteiger partial charge in [-0.15, -0.1) is 11.3 Å². The number of aromatic nitrogens is 2. The molecule has 0 saturated heterocycles. The number of aryl methyl sites for hydroxylation is 3. The number of H-pyrrole nitrogens is 1. The molecule has 1 aromatic carbocycles. The van der Waals surface area contributed by atoms with E-state index in [-0.39, 0.29) is 27.9 Å². The first-order valence-electron chi connectivity index (χ1n) is 12.2. The molecule has 0 aliphatic heterocycles. The minimum absolute atomic E-state index is 0.0334. The van der Waals surface area contributed by atoms with Crippen LogP contribution in [-0.2, 0) is 13.0 Å². The summed E-state index contributed by atoms with van der Waals surface area (Å²) in [7, 11) is 1.51. The van der Waals surface area contributed by atoms with Gasteiger partial charge in [-0.2, -0.15) is 8.78 Å². The monoisotopic (exact) mass is 561 g/mol. The van der Waals surface area contributed by atoms with Gasteiger partial charge in [0.05, 0.1) is 9.75 Å². The maximum Gasteiger partial charge on any atom is 0.309 e. The van der Waals surface area contributed by atoms with E-state index in [4.69, 9.17) is 4.74 Å². The van der Waals surface area contributed by atoms with E-state index in [0.29, 0.717) is 39.2 Å². The van der Waals surface area contributed by atoms with Crippen molar-refractivity contribution in [3.63, 3.8) is 0 Å². The van der Waals surface area contributed by atoms with E-state index in [1.807, 2.05) is 0 Å². The van der Waals surface area contributed by atoms with E-state index in [2.05, 4.69) is 10.3 Å². The number of fused-ring (bicyclic) bond motifs is 1. The fourth-order valence-corrected chi connectivity index (χ4v) is 5.48. The number of ether oxygens (including phenoxy) is 1. The number of amides is 1. The standard InChI is InChI=1S/C28H30F3N3O4S/c1-13(2)32-25(35)19-10-17-18(12-34(7)26(36)22(17)33-19)24-20(11-21(39-24)28(30,31)27(5,6)37)38-23-14(3)8-16(29)9-15(23)4/h8-13,33,37H,1-7H3,(H,32,35). The predicted molar refractivity (Wildman–Crippen MR) is 146 cm³/mol. The van der Waals surface area contributed by atoms with Crippen LogP contribution in [0.15, 0.2) is 35.3 Å². The van der Waals surface area contributed by atoms with Crippen molar-refractivity contribution in [2.75, 3.05) is 0 Å². The van der Waals surface area contributed by atoms with Gasteiger partial charge in [-0.3, -0.25) is 9.59 Å². The fraction of sp³-hybridized carbons (Fsp3) is 0.357. The lowest BCUT2D eigenvalue weighted by Crippen LogP contribution is -2.39. The van der Waals surface area contributed by atoms with Crippen molar-refractivity contribution < 1.29 is 27.8 Å². The zero-order valence-electron chi connectivity index (χ0n) is 22.6. The largest absolute Gasteiger partial charge is 0.455 e. The Kier molecular flexibility index (Phi) is 7.20. The van der Waals surface area contributed by atoms with Crippen molar-refractivity contribution in [3.05, 3.63) is 68.3 Å². The summed E-state index contributed by atoms with van der Waals surface area (Å²) in [6.07, 6.45) is 1.48. The van der Waals surface area contributed by atoms with Gasteiger partial charge in [-0.05, 0) is 70.9 Å². The van der Waals surface area contributed by atoms with Crippen LogP contribution in [0.1, 0.15) is 54.2 Å². The third-order valence-corrected chi connectivity index (χ3v) is 7.51. The highest BCUT2D eigenvalue weighted by Crippen LogP contribution is 2.50. The number of aliphatic hydroxyl groups is 1. The van der Waals surface area contributed by atoms with Gasteiger partial charge < -0.3 is 24.7 Å². The lowest BCUT2D eigenvalue weighted by Gasteiger charge is -2.27. The molecule has 208 valence electrons. The summed E-state index contributed by atoms with van der Waals surface area (Å²) >= 11 is 0.699. The molecule has 4 aromatic rings. The molecule has 0 bridgehead atoms. The van der Waals surface area contributed by atoms with Crippen molar-refractivity contribution in [3.8, 4) is 21.9 Å². The molecule has 0 saturated carbocycles. The second kappa shape index (κ2) is 9.87. The first-order valence-corrected chi connectivity index (χ1v) is 13.1. The molecule has 39 heavy (non-hydrogen) atoms. The zero-order valence-corrected chi connectivity index (χ0v) is 23.4. The molecule has 0 atom stereocenters. The second-order valence-electron chi connectivity index (χ2n) is 10.5. The SMILES string of the molecule is Cc1cc(F)cc(C)c1Oc1cc(C(F)(F)C(C)(C)O)sc1-c1cn(C)c(=O)c2[nH]c(C(=O)NC(C)C)cc12. The number of thiophene rings is 1. The van der Waals surface area contributed by atoms with Gasteiger partial charge in [0.25, 0.3) is 11.5 Å². The number of rotatable bonds is 7. The Labute approximate surface area is 227 Å². The number of hydrogen-bond donors (Lipinski definition) is 3. The van der Waals surface area contributed by atoms with Crippen LogP contribution >= 0.6 is 11.3 Å². The number of nitrogens with one attached hydrogen (secondary N) is 2.